The van der Waals surface area contributed by atoms with Gasteiger partial charge in [0.15, 0.2) is 0 Å². The number of ether oxygens (including phenoxy) is 1. The van der Waals surface area contributed by atoms with Crippen molar-refractivity contribution in [1.82, 2.24) is 0 Å². The number of rotatable bonds is 4. The molecule has 0 N–H and O–H groups in total. The summed E-state index contributed by atoms with van der Waals surface area (Å²) in [6.07, 6.45) is 1.85. The van der Waals surface area contributed by atoms with E-state index in [0.29, 0.717) is 19.4 Å². The van der Waals surface area contributed by atoms with Gasteiger partial charge in [-0.05, 0) is 20.8 Å². The fourth-order valence-corrected chi connectivity index (χ4v) is 1.53. The number of hydrogen-bond acceptors (Lipinski definition) is 4. The average molecular weight is 199 g/mol. The van der Waals surface area contributed by atoms with E-state index in [1.54, 1.807) is 6.92 Å². The fourth-order valence-electron chi connectivity index (χ4n) is 1.53. The summed E-state index contributed by atoms with van der Waals surface area (Å²) in [5, 5.41) is 3.88. The molecule has 0 saturated carbocycles. The quantitative estimate of drug-likeness (QED) is 0.649. The van der Waals surface area contributed by atoms with Crippen LogP contribution in [0.2, 0.25) is 0 Å². The number of carbonyl (C=O) groups excluding carboxylic acids is 1. The molecule has 1 heterocycles. The summed E-state index contributed by atoms with van der Waals surface area (Å²) in [6, 6.07) is 0. The zero-order chi connectivity index (χ0) is 10.6. The summed E-state index contributed by atoms with van der Waals surface area (Å²) in [5.41, 5.74) is 0.674. The number of carbonyl (C=O) groups is 1. The highest BCUT2D eigenvalue weighted by Gasteiger charge is 2.32. The third-order valence-corrected chi connectivity index (χ3v) is 2.21. The highest BCUT2D eigenvalue weighted by atomic mass is 16.7. The van der Waals surface area contributed by atoms with Crippen molar-refractivity contribution in [1.29, 1.82) is 0 Å². The summed E-state index contributed by atoms with van der Waals surface area (Å²) in [6.45, 7) is 6.13. The zero-order valence-corrected chi connectivity index (χ0v) is 9.00. The van der Waals surface area contributed by atoms with Crippen molar-refractivity contribution in [3.05, 3.63) is 0 Å². The molecule has 1 atom stereocenters. The maximum atomic E-state index is 11.1. The summed E-state index contributed by atoms with van der Waals surface area (Å²) >= 11 is 0. The Morgan fingerprint density at radius 3 is 2.93 bits per heavy atom. The SMILES string of the molecule is CCOC(=O)CCC1(C)CC(C)=NO1. The van der Waals surface area contributed by atoms with Gasteiger partial charge in [-0.2, -0.15) is 0 Å². The lowest BCUT2D eigenvalue weighted by Crippen LogP contribution is -2.25. The lowest BCUT2D eigenvalue weighted by atomic mass is 9.95. The van der Waals surface area contributed by atoms with E-state index in [4.69, 9.17) is 9.57 Å². The molecule has 1 unspecified atom stereocenters. The van der Waals surface area contributed by atoms with E-state index < -0.39 is 0 Å². The first kappa shape index (κ1) is 11.0. The molecule has 0 saturated heterocycles. The molecule has 4 heteroatoms. The summed E-state index contributed by atoms with van der Waals surface area (Å²) < 4.78 is 4.84. The smallest absolute Gasteiger partial charge is 0.305 e. The Hall–Kier alpha value is -1.06. The van der Waals surface area contributed by atoms with Gasteiger partial charge in [-0.3, -0.25) is 4.79 Å². The van der Waals surface area contributed by atoms with Crippen LogP contribution in [0, 0.1) is 0 Å². The maximum Gasteiger partial charge on any atom is 0.305 e. The Bertz CT molecular complexity index is 250. The largest absolute Gasteiger partial charge is 0.466 e. The topological polar surface area (TPSA) is 47.9 Å². The van der Waals surface area contributed by atoms with Crippen molar-refractivity contribution < 1.29 is 14.4 Å². The molecule has 0 spiro atoms. The normalized spacial score (nSPS) is 25.5. The molecule has 0 aromatic carbocycles. The van der Waals surface area contributed by atoms with Gasteiger partial charge in [-0.15, -0.1) is 0 Å². The number of nitrogens with zero attached hydrogens (tertiary/aromatic N) is 1. The van der Waals surface area contributed by atoms with E-state index in [1.165, 1.54) is 0 Å². The van der Waals surface area contributed by atoms with Gasteiger partial charge >= 0.3 is 5.97 Å². The van der Waals surface area contributed by atoms with Crippen LogP contribution in [-0.2, 0) is 14.4 Å². The standard InChI is InChI=1S/C10H17NO3/c1-4-13-9(12)5-6-10(3)7-8(2)11-14-10/h4-7H2,1-3H3. The van der Waals surface area contributed by atoms with Crippen LogP contribution < -0.4 is 0 Å². The molecule has 0 aromatic heterocycles. The molecular weight excluding hydrogens is 182 g/mol. The highest BCUT2D eigenvalue weighted by Crippen LogP contribution is 2.28. The fraction of sp³-hybridized carbons (Fsp3) is 0.800. The molecule has 80 valence electrons. The van der Waals surface area contributed by atoms with Crippen LogP contribution in [0.15, 0.2) is 5.16 Å². The minimum atomic E-state index is -0.309. The molecule has 0 radical (unpaired) electrons. The first-order chi connectivity index (χ1) is 6.56. The van der Waals surface area contributed by atoms with Crippen molar-refractivity contribution in [3.8, 4) is 0 Å². The molecule has 0 aliphatic carbocycles. The molecule has 0 amide bonds. The van der Waals surface area contributed by atoms with Crippen molar-refractivity contribution in [3.63, 3.8) is 0 Å². The van der Waals surface area contributed by atoms with Crippen LogP contribution in [0.4, 0.5) is 0 Å². The Balaban J connectivity index is 2.28. The van der Waals surface area contributed by atoms with Crippen molar-refractivity contribution in [2.45, 2.75) is 45.6 Å². The predicted molar refractivity (Wildman–Crippen MR) is 53.1 cm³/mol. The summed E-state index contributed by atoms with van der Waals surface area (Å²) in [4.78, 5) is 16.4. The average Bonchev–Trinajstić information content (AvgIpc) is 2.45. The van der Waals surface area contributed by atoms with Crippen LogP contribution in [0.25, 0.3) is 0 Å². The lowest BCUT2D eigenvalue weighted by Gasteiger charge is -2.20. The van der Waals surface area contributed by atoms with E-state index in [2.05, 4.69) is 5.16 Å². The van der Waals surface area contributed by atoms with Gasteiger partial charge in [0.05, 0.1) is 12.3 Å². The molecular formula is C10H17NO3. The van der Waals surface area contributed by atoms with Crippen LogP contribution in [0.1, 0.15) is 40.0 Å². The van der Waals surface area contributed by atoms with Gasteiger partial charge in [-0.1, -0.05) is 5.16 Å². The van der Waals surface area contributed by atoms with E-state index in [-0.39, 0.29) is 11.6 Å². The Morgan fingerprint density at radius 2 is 2.43 bits per heavy atom. The Morgan fingerprint density at radius 1 is 1.71 bits per heavy atom. The molecule has 0 bridgehead atoms. The molecule has 1 aliphatic heterocycles. The molecule has 14 heavy (non-hydrogen) atoms. The molecule has 0 aromatic rings. The minimum Gasteiger partial charge on any atom is -0.466 e. The minimum absolute atomic E-state index is 0.165. The zero-order valence-electron chi connectivity index (χ0n) is 9.00. The van der Waals surface area contributed by atoms with Gasteiger partial charge in [0.25, 0.3) is 0 Å². The van der Waals surface area contributed by atoms with Gasteiger partial charge in [-0.25, -0.2) is 0 Å². The van der Waals surface area contributed by atoms with Crippen LogP contribution in [0.5, 0.6) is 0 Å². The number of hydrogen-bond donors (Lipinski definition) is 0. The summed E-state index contributed by atoms with van der Waals surface area (Å²) in [5.74, 6) is -0.165. The lowest BCUT2D eigenvalue weighted by molar-refractivity contribution is -0.144. The maximum absolute atomic E-state index is 11.1. The van der Waals surface area contributed by atoms with Gasteiger partial charge in [0.1, 0.15) is 5.60 Å². The van der Waals surface area contributed by atoms with Crippen LogP contribution >= 0.6 is 0 Å². The first-order valence-corrected chi connectivity index (χ1v) is 4.93. The third kappa shape index (κ3) is 3.01. The van der Waals surface area contributed by atoms with E-state index in [1.807, 2.05) is 13.8 Å². The second-order valence-electron chi connectivity index (χ2n) is 3.85. The van der Waals surface area contributed by atoms with Crippen LogP contribution in [0.3, 0.4) is 0 Å². The summed E-state index contributed by atoms with van der Waals surface area (Å²) in [7, 11) is 0. The van der Waals surface area contributed by atoms with E-state index >= 15 is 0 Å². The highest BCUT2D eigenvalue weighted by molar-refractivity contribution is 5.83. The third-order valence-electron chi connectivity index (χ3n) is 2.21. The molecule has 0 fully saturated rings. The van der Waals surface area contributed by atoms with Gasteiger partial charge < -0.3 is 9.57 Å². The Labute approximate surface area is 84.3 Å². The van der Waals surface area contributed by atoms with Crippen LogP contribution in [-0.4, -0.2) is 23.9 Å². The van der Waals surface area contributed by atoms with Gasteiger partial charge in [0.2, 0.25) is 0 Å². The second kappa shape index (κ2) is 4.44. The number of oxime groups is 1. The predicted octanol–water partition coefficient (Wildman–Crippen LogP) is 1.88. The van der Waals surface area contributed by atoms with Crippen molar-refractivity contribution in [2.24, 2.45) is 5.16 Å². The van der Waals surface area contributed by atoms with Crippen molar-refractivity contribution >= 4 is 11.7 Å². The molecule has 4 nitrogen and oxygen atoms in total. The first-order valence-electron chi connectivity index (χ1n) is 4.93. The van der Waals surface area contributed by atoms with Gasteiger partial charge in [0, 0.05) is 19.3 Å². The van der Waals surface area contributed by atoms with E-state index in [0.717, 1.165) is 12.1 Å². The van der Waals surface area contributed by atoms with E-state index in [9.17, 15) is 4.79 Å². The molecule has 1 rings (SSSR count). The molecule has 1 aliphatic rings. The second-order valence-corrected chi connectivity index (χ2v) is 3.85. The monoisotopic (exact) mass is 199 g/mol. The Kier molecular flexibility index (Phi) is 3.49. The van der Waals surface area contributed by atoms with Crippen molar-refractivity contribution in [2.75, 3.05) is 6.61 Å². The number of esters is 1.